The Morgan fingerprint density at radius 1 is 1.23 bits per heavy atom. The summed E-state index contributed by atoms with van der Waals surface area (Å²) in [5, 5.41) is 5.68. The highest BCUT2D eigenvalue weighted by molar-refractivity contribution is 7.89. The van der Waals surface area contributed by atoms with Crippen LogP contribution in [0.3, 0.4) is 0 Å². The van der Waals surface area contributed by atoms with Gasteiger partial charge < -0.3 is 0 Å². The summed E-state index contributed by atoms with van der Waals surface area (Å²) in [4.78, 5) is 11.9. The van der Waals surface area contributed by atoms with E-state index in [9.17, 15) is 17.6 Å². The molecule has 3 aromatic rings. The van der Waals surface area contributed by atoms with Crippen LogP contribution in [0.5, 0.6) is 0 Å². The van der Waals surface area contributed by atoms with Crippen molar-refractivity contribution in [1.82, 2.24) is 14.5 Å². The number of carbonyl (C=O) groups is 1. The van der Waals surface area contributed by atoms with E-state index in [1.54, 1.807) is 29.8 Å². The third kappa shape index (κ3) is 3.53. The second-order valence-electron chi connectivity index (χ2n) is 5.65. The number of aryl methyl sites for hydroxylation is 1. The average Bonchev–Trinajstić information content (AvgIpc) is 2.84. The van der Waals surface area contributed by atoms with Crippen LogP contribution in [0.1, 0.15) is 16.1 Å². The maximum atomic E-state index is 14.4. The number of rotatable bonds is 3. The van der Waals surface area contributed by atoms with Gasteiger partial charge in [0.05, 0.1) is 33.7 Å². The van der Waals surface area contributed by atoms with Crippen molar-refractivity contribution in [2.24, 2.45) is 0 Å². The normalized spacial score (nSPS) is 11.7. The van der Waals surface area contributed by atoms with Crippen LogP contribution in [0.4, 0.5) is 4.39 Å². The molecule has 0 unspecified atom stereocenters. The molecule has 10 heteroatoms. The molecule has 1 aromatic heterocycles. The summed E-state index contributed by atoms with van der Waals surface area (Å²) in [5.74, 6) is -2.03. The van der Waals surface area contributed by atoms with Crippen LogP contribution in [0.2, 0.25) is 10.0 Å². The lowest BCUT2D eigenvalue weighted by Crippen LogP contribution is -2.30. The Morgan fingerprint density at radius 2 is 1.92 bits per heavy atom. The van der Waals surface area contributed by atoms with Gasteiger partial charge in [0.1, 0.15) is 5.82 Å². The molecule has 0 saturated heterocycles. The van der Waals surface area contributed by atoms with Crippen molar-refractivity contribution >= 4 is 50.0 Å². The van der Waals surface area contributed by atoms with Crippen LogP contribution in [-0.4, -0.2) is 30.4 Å². The Balaban J connectivity index is 2.14. The zero-order chi connectivity index (χ0) is 19.2. The second kappa shape index (κ2) is 6.53. The molecular formula is C16H12Cl2FN3O3S. The monoisotopic (exact) mass is 415 g/mol. The summed E-state index contributed by atoms with van der Waals surface area (Å²) in [6, 6.07) is 7.20. The zero-order valence-corrected chi connectivity index (χ0v) is 15.9. The number of sulfonamides is 1. The van der Waals surface area contributed by atoms with Gasteiger partial charge in [-0.25, -0.2) is 22.2 Å². The summed E-state index contributed by atoms with van der Waals surface area (Å²) in [5.41, 5.74) is 1.04. The van der Waals surface area contributed by atoms with Gasteiger partial charge in [0.15, 0.2) is 0 Å². The SMILES string of the molecule is Cc1nn(-c2cc(F)c(C(=O)NS(C)(=O)=O)cc2Cl)c2ccc(Cl)cc12. The standard InChI is InChI=1S/C16H12Cl2FN3O3S/c1-8-10-5-9(17)3-4-14(10)22(20-8)15-7-13(19)11(6-12(15)18)16(23)21-26(2,24)25/h3-7H,1-2H3,(H,21,23). The highest BCUT2D eigenvalue weighted by Crippen LogP contribution is 2.30. The van der Waals surface area contributed by atoms with E-state index in [0.29, 0.717) is 16.2 Å². The first-order chi connectivity index (χ1) is 12.1. The Kier molecular flexibility index (Phi) is 4.68. The molecule has 1 heterocycles. The van der Waals surface area contributed by atoms with E-state index in [0.717, 1.165) is 23.8 Å². The van der Waals surface area contributed by atoms with Gasteiger partial charge in [0.25, 0.3) is 5.91 Å². The predicted octanol–water partition coefficient (Wildman–Crippen LogP) is 3.47. The van der Waals surface area contributed by atoms with Crippen molar-refractivity contribution in [2.75, 3.05) is 6.26 Å². The second-order valence-corrected chi connectivity index (χ2v) is 8.24. The molecule has 6 nitrogen and oxygen atoms in total. The minimum Gasteiger partial charge on any atom is -0.268 e. The molecule has 0 aliphatic carbocycles. The van der Waals surface area contributed by atoms with E-state index >= 15 is 0 Å². The van der Waals surface area contributed by atoms with Crippen molar-refractivity contribution in [3.8, 4) is 5.69 Å². The minimum absolute atomic E-state index is 0.0319. The number of halogens is 3. The summed E-state index contributed by atoms with van der Waals surface area (Å²) < 4.78 is 39.9. The number of nitrogens with one attached hydrogen (secondary N) is 1. The fourth-order valence-corrected chi connectivity index (χ4v) is 3.38. The van der Waals surface area contributed by atoms with Crippen LogP contribution < -0.4 is 4.72 Å². The molecule has 1 N–H and O–H groups in total. The lowest BCUT2D eigenvalue weighted by atomic mass is 10.1. The maximum absolute atomic E-state index is 14.4. The number of hydrogen-bond donors (Lipinski definition) is 1. The minimum atomic E-state index is -3.83. The Hall–Kier alpha value is -2.16. The predicted molar refractivity (Wildman–Crippen MR) is 98.1 cm³/mol. The number of aromatic nitrogens is 2. The van der Waals surface area contributed by atoms with E-state index in [1.807, 2.05) is 0 Å². The number of benzene rings is 2. The van der Waals surface area contributed by atoms with Crippen molar-refractivity contribution in [1.29, 1.82) is 0 Å². The first-order valence-electron chi connectivity index (χ1n) is 7.23. The molecule has 136 valence electrons. The Morgan fingerprint density at radius 3 is 2.58 bits per heavy atom. The smallest absolute Gasteiger partial charge is 0.267 e. The summed E-state index contributed by atoms with van der Waals surface area (Å²) in [7, 11) is -3.83. The van der Waals surface area contributed by atoms with Crippen LogP contribution in [0, 0.1) is 12.7 Å². The van der Waals surface area contributed by atoms with Gasteiger partial charge in [-0.1, -0.05) is 23.2 Å². The largest absolute Gasteiger partial charge is 0.268 e. The van der Waals surface area contributed by atoms with Crippen LogP contribution in [0.15, 0.2) is 30.3 Å². The maximum Gasteiger partial charge on any atom is 0.267 e. The number of fused-ring (bicyclic) bond motifs is 1. The third-order valence-electron chi connectivity index (χ3n) is 3.61. The molecule has 0 aliphatic rings. The fraction of sp³-hybridized carbons (Fsp3) is 0.125. The molecule has 2 aromatic carbocycles. The van der Waals surface area contributed by atoms with E-state index in [-0.39, 0.29) is 10.7 Å². The number of hydrogen-bond acceptors (Lipinski definition) is 4. The highest BCUT2D eigenvalue weighted by Gasteiger charge is 2.20. The Labute approximate surface area is 158 Å². The van der Waals surface area contributed by atoms with Crippen molar-refractivity contribution in [2.45, 2.75) is 6.92 Å². The van der Waals surface area contributed by atoms with Gasteiger partial charge in [-0.3, -0.25) is 4.79 Å². The quantitative estimate of drug-likeness (QED) is 0.709. The molecule has 0 bridgehead atoms. The van der Waals surface area contributed by atoms with Crippen LogP contribution in [-0.2, 0) is 10.0 Å². The summed E-state index contributed by atoms with van der Waals surface area (Å²) >= 11 is 12.2. The average molecular weight is 416 g/mol. The molecule has 1 amide bonds. The topological polar surface area (TPSA) is 81.1 Å². The lowest BCUT2D eigenvalue weighted by Gasteiger charge is -2.10. The Bertz CT molecular complexity index is 1160. The van der Waals surface area contributed by atoms with E-state index in [2.05, 4.69) is 5.10 Å². The third-order valence-corrected chi connectivity index (χ3v) is 4.71. The molecule has 26 heavy (non-hydrogen) atoms. The van der Waals surface area contributed by atoms with Crippen molar-refractivity contribution in [3.63, 3.8) is 0 Å². The van der Waals surface area contributed by atoms with E-state index in [4.69, 9.17) is 23.2 Å². The molecule has 0 fully saturated rings. The van der Waals surface area contributed by atoms with Crippen molar-refractivity contribution in [3.05, 3.63) is 57.5 Å². The molecule has 0 saturated carbocycles. The van der Waals surface area contributed by atoms with Crippen LogP contribution in [0.25, 0.3) is 16.6 Å². The van der Waals surface area contributed by atoms with E-state index in [1.165, 1.54) is 4.68 Å². The molecule has 0 radical (unpaired) electrons. The van der Waals surface area contributed by atoms with Gasteiger partial charge in [0.2, 0.25) is 10.0 Å². The number of nitrogens with zero attached hydrogens (tertiary/aromatic N) is 2. The number of amides is 1. The van der Waals surface area contributed by atoms with Gasteiger partial charge in [0, 0.05) is 16.5 Å². The zero-order valence-electron chi connectivity index (χ0n) is 13.5. The van der Waals surface area contributed by atoms with Gasteiger partial charge >= 0.3 is 0 Å². The molecule has 3 rings (SSSR count). The lowest BCUT2D eigenvalue weighted by molar-refractivity contribution is 0.0978. The fourth-order valence-electron chi connectivity index (χ4n) is 2.52. The van der Waals surface area contributed by atoms with Gasteiger partial charge in [-0.15, -0.1) is 0 Å². The molecule has 0 atom stereocenters. The van der Waals surface area contributed by atoms with E-state index < -0.39 is 27.3 Å². The van der Waals surface area contributed by atoms with Crippen molar-refractivity contribution < 1.29 is 17.6 Å². The highest BCUT2D eigenvalue weighted by atomic mass is 35.5. The molecule has 0 aliphatic heterocycles. The first-order valence-corrected chi connectivity index (χ1v) is 9.88. The first kappa shape index (κ1) is 18.6. The summed E-state index contributed by atoms with van der Waals surface area (Å²) in [6.45, 7) is 1.77. The van der Waals surface area contributed by atoms with Crippen LogP contribution >= 0.6 is 23.2 Å². The number of carbonyl (C=O) groups excluding carboxylic acids is 1. The molecule has 0 spiro atoms. The molecular weight excluding hydrogens is 404 g/mol. The summed E-state index contributed by atoms with van der Waals surface area (Å²) in [6.07, 6.45) is 0.794. The van der Waals surface area contributed by atoms with Gasteiger partial charge in [-0.2, -0.15) is 5.10 Å². The van der Waals surface area contributed by atoms with Gasteiger partial charge in [-0.05, 0) is 31.2 Å².